The van der Waals surface area contributed by atoms with E-state index in [4.69, 9.17) is 21.1 Å². The highest BCUT2D eigenvalue weighted by molar-refractivity contribution is 8.14. The molecule has 1 aliphatic heterocycles. The molecule has 1 fully saturated rings. The van der Waals surface area contributed by atoms with Crippen LogP contribution < -0.4 is 0 Å². The van der Waals surface area contributed by atoms with Gasteiger partial charge >= 0.3 is 11.9 Å². The second kappa shape index (κ2) is 10.6. The number of benzene rings is 1. The van der Waals surface area contributed by atoms with Gasteiger partial charge < -0.3 is 9.47 Å². The number of carbonyl (C=O) groups is 3. The van der Waals surface area contributed by atoms with Gasteiger partial charge in [-0.05, 0) is 30.5 Å². The van der Waals surface area contributed by atoms with Crippen molar-refractivity contribution < 1.29 is 23.9 Å². The number of nitrogens with zero attached hydrogens (tertiary/aromatic N) is 1. The molecule has 0 aliphatic carbocycles. The summed E-state index contributed by atoms with van der Waals surface area (Å²) in [6.45, 7) is 4.38. The second-order valence-electron chi connectivity index (χ2n) is 6.28. The molecule has 0 aromatic heterocycles. The number of halogens is 1. The minimum absolute atomic E-state index is 0.0242. The molecule has 0 N–H and O–H groups in total. The summed E-state index contributed by atoms with van der Waals surface area (Å²) in [6, 6.07) is 6.41. The molecule has 1 aromatic carbocycles. The maximum absolute atomic E-state index is 12.6. The molecule has 6 nitrogen and oxygen atoms in total. The van der Waals surface area contributed by atoms with Gasteiger partial charge in [0.05, 0.1) is 13.7 Å². The molecule has 1 heterocycles. The van der Waals surface area contributed by atoms with Gasteiger partial charge in [0.15, 0.2) is 5.12 Å². The van der Waals surface area contributed by atoms with Crippen molar-refractivity contribution in [3.05, 3.63) is 46.5 Å². The fourth-order valence-electron chi connectivity index (χ4n) is 3.19. The largest absolute Gasteiger partial charge is 0.468 e. The molecule has 28 heavy (non-hydrogen) atoms. The molecule has 0 saturated carbocycles. The zero-order chi connectivity index (χ0) is 20.7. The van der Waals surface area contributed by atoms with Crippen LogP contribution in [0.15, 0.2) is 35.9 Å². The van der Waals surface area contributed by atoms with E-state index in [9.17, 15) is 14.4 Å². The maximum atomic E-state index is 12.6. The summed E-state index contributed by atoms with van der Waals surface area (Å²) < 4.78 is 10.0. The number of ether oxygens (including phenoxy) is 2. The first kappa shape index (κ1) is 22.5. The molecule has 1 aromatic rings. The first-order chi connectivity index (χ1) is 13.4. The zero-order valence-corrected chi connectivity index (χ0v) is 17.7. The van der Waals surface area contributed by atoms with Crippen molar-refractivity contribution in [2.75, 3.05) is 26.8 Å². The number of esters is 2. The van der Waals surface area contributed by atoms with Crippen molar-refractivity contribution in [2.45, 2.75) is 31.6 Å². The molecule has 8 heteroatoms. The normalized spacial score (nSPS) is 19.9. The molecule has 0 amide bonds. The summed E-state index contributed by atoms with van der Waals surface area (Å²) in [7, 11) is 1.33. The summed E-state index contributed by atoms with van der Waals surface area (Å²) in [6.07, 6.45) is 2.03. The predicted octanol–water partition coefficient (Wildman–Crippen LogP) is 3.40. The van der Waals surface area contributed by atoms with E-state index in [0.29, 0.717) is 30.1 Å². The Hall–Kier alpha value is -1.83. The first-order valence-electron chi connectivity index (χ1n) is 8.98. The Morgan fingerprint density at radius 2 is 2.07 bits per heavy atom. The molecule has 0 radical (unpaired) electrons. The Bertz CT molecular complexity index is 767. The lowest BCUT2D eigenvalue weighted by Crippen LogP contribution is -2.43. The van der Waals surface area contributed by atoms with Crippen LogP contribution in [0.2, 0.25) is 5.02 Å². The van der Waals surface area contributed by atoms with Crippen molar-refractivity contribution in [1.29, 1.82) is 0 Å². The Balaban J connectivity index is 2.35. The van der Waals surface area contributed by atoms with E-state index >= 15 is 0 Å². The number of carbonyl (C=O) groups excluding carboxylic acids is 3. The highest BCUT2D eigenvalue weighted by atomic mass is 35.5. The maximum Gasteiger partial charge on any atom is 0.330 e. The molecular weight excluding hydrogens is 402 g/mol. The van der Waals surface area contributed by atoms with Gasteiger partial charge in [0.25, 0.3) is 0 Å². The molecule has 1 saturated heterocycles. The summed E-state index contributed by atoms with van der Waals surface area (Å²) >= 11 is 7.51. The topological polar surface area (TPSA) is 72.9 Å². The van der Waals surface area contributed by atoms with Crippen LogP contribution >= 0.6 is 23.4 Å². The predicted molar refractivity (Wildman–Crippen MR) is 109 cm³/mol. The molecule has 1 aliphatic rings. The molecule has 152 valence electrons. The quantitative estimate of drug-likeness (QED) is 0.510. The average molecular weight is 426 g/mol. The number of hydrogen-bond acceptors (Lipinski definition) is 7. The Labute approximate surface area is 174 Å². The summed E-state index contributed by atoms with van der Waals surface area (Å²) in [5.74, 6) is -0.887. The van der Waals surface area contributed by atoms with Crippen LogP contribution in [0.1, 0.15) is 31.9 Å². The average Bonchev–Trinajstić information content (AvgIpc) is 2.65. The highest BCUT2D eigenvalue weighted by Crippen LogP contribution is 2.35. The minimum Gasteiger partial charge on any atom is -0.468 e. The Morgan fingerprint density at radius 1 is 1.36 bits per heavy atom. The number of piperidine rings is 1. The van der Waals surface area contributed by atoms with Gasteiger partial charge in [0, 0.05) is 36.4 Å². The van der Waals surface area contributed by atoms with Gasteiger partial charge in [-0.15, -0.1) is 0 Å². The lowest BCUT2D eigenvalue weighted by atomic mass is 9.98. The SMILES string of the molecule is CCOC(=O)/C=C1\CN(C(C(=O)OC)c2ccccc2Cl)CCC1SC(C)=O. The smallest absolute Gasteiger partial charge is 0.330 e. The number of rotatable bonds is 6. The molecule has 2 atom stereocenters. The van der Waals surface area contributed by atoms with Crippen LogP contribution in [-0.2, 0) is 23.9 Å². The van der Waals surface area contributed by atoms with E-state index in [1.165, 1.54) is 31.9 Å². The fraction of sp³-hybridized carbons (Fsp3) is 0.450. The van der Waals surface area contributed by atoms with Gasteiger partial charge in [0.1, 0.15) is 6.04 Å². The molecule has 0 spiro atoms. The van der Waals surface area contributed by atoms with E-state index in [1.54, 1.807) is 25.1 Å². The van der Waals surface area contributed by atoms with Crippen molar-refractivity contribution in [2.24, 2.45) is 0 Å². The standard InChI is InChI=1S/C20H24ClNO5S/c1-4-27-18(24)11-14-12-22(10-9-17(14)28-13(2)23)19(20(25)26-3)15-7-5-6-8-16(15)21/h5-8,11,17,19H,4,9-10,12H2,1-3H3/b14-11+. The molecule has 2 rings (SSSR count). The van der Waals surface area contributed by atoms with E-state index in [1.807, 2.05) is 11.0 Å². The van der Waals surface area contributed by atoms with Gasteiger partial charge in [-0.3, -0.25) is 9.69 Å². The van der Waals surface area contributed by atoms with Crippen LogP contribution in [0.4, 0.5) is 0 Å². The third-order valence-corrected chi connectivity index (χ3v) is 5.86. The summed E-state index contributed by atoms with van der Waals surface area (Å²) in [5.41, 5.74) is 1.38. The molecule has 0 bridgehead atoms. The fourth-order valence-corrected chi connectivity index (χ4v) is 4.35. The number of methoxy groups -OCH3 is 1. The van der Waals surface area contributed by atoms with E-state index in [2.05, 4.69) is 0 Å². The van der Waals surface area contributed by atoms with Gasteiger partial charge in [0.2, 0.25) is 0 Å². The van der Waals surface area contributed by atoms with Crippen LogP contribution in [0.5, 0.6) is 0 Å². The van der Waals surface area contributed by atoms with Crippen molar-refractivity contribution in [3.8, 4) is 0 Å². The third-order valence-electron chi connectivity index (χ3n) is 4.37. The molecular formula is C20H24ClNO5S. The second-order valence-corrected chi connectivity index (χ2v) is 8.06. The van der Waals surface area contributed by atoms with Gasteiger partial charge in [-0.1, -0.05) is 41.6 Å². The Kier molecular flexibility index (Phi) is 8.54. The van der Waals surface area contributed by atoms with Crippen LogP contribution in [-0.4, -0.2) is 54.0 Å². The van der Waals surface area contributed by atoms with Crippen LogP contribution in [0, 0.1) is 0 Å². The van der Waals surface area contributed by atoms with E-state index < -0.39 is 18.0 Å². The third kappa shape index (κ3) is 5.83. The summed E-state index contributed by atoms with van der Waals surface area (Å²) in [5, 5.41) is 0.306. The lowest BCUT2D eigenvalue weighted by Gasteiger charge is -2.37. The first-order valence-corrected chi connectivity index (χ1v) is 10.2. The zero-order valence-electron chi connectivity index (χ0n) is 16.1. The summed E-state index contributed by atoms with van der Waals surface area (Å²) in [4.78, 5) is 38.1. The van der Waals surface area contributed by atoms with Gasteiger partial charge in [-0.25, -0.2) is 9.59 Å². The number of likely N-dealkylation sites (tertiary alicyclic amines) is 1. The Morgan fingerprint density at radius 3 is 2.68 bits per heavy atom. The number of thioether (sulfide) groups is 1. The van der Waals surface area contributed by atoms with Crippen LogP contribution in [0.25, 0.3) is 0 Å². The highest BCUT2D eigenvalue weighted by Gasteiger charge is 2.35. The monoisotopic (exact) mass is 425 g/mol. The molecule has 2 unspecified atom stereocenters. The van der Waals surface area contributed by atoms with Crippen molar-refractivity contribution >= 4 is 40.4 Å². The number of hydrogen-bond donors (Lipinski definition) is 0. The minimum atomic E-state index is -0.701. The van der Waals surface area contributed by atoms with Crippen molar-refractivity contribution in [1.82, 2.24) is 4.90 Å². The van der Waals surface area contributed by atoms with Crippen LogP contribution in [0.3, 0.4) is 0 Å². The van der Waals surface area contributed by atoms with E-state index in [0.717, 1.165) is 5.57 Å². The van der Waals surface area contributed by atoms with E-state index in [-0.39, 0.29) is 17.0 Å². The lowest BCUT2D eigenvalue weighted by molar-refractivity contribution is -0.147. The van der Waals surface area contributed by atoms with Crippen molar-refractivity contribution in [3.63, 3.8) is 0 Å². The van der Waals surface area contributed by atoms with Gasteiger partial charge in [-0.2, -0.15) is 0 Å².